The van der Waals surface area contributed by atoms with E-state index in [1.165, 1.54) is 5.56 Å². The number of aliphatic imine (C=N–C) groups is 1. The van der Waals surface area contributed by atoms with Crippen LogP contribution in [-0.2, 0) is 6.42 Å². The van der Waals surface area contributed by atoms with E-state index in [0.29, 0.717) is 10.7 Å². The van der Waals surface area contributed by atoms with Gasteiger partial charge in [-0.25, -0.2) is 4.98 Å². The molecule has 0 saturated carbocycles. The largest absolute Gasteiger partial charge is 0.301 e. The van der Waals surface area contributed by atoms with Crippen LogP contribution in [-0.4, -0.2) is 28.4 Å². The molecular weight excluding hydrogens is 342 g/mol. The lowest BCUT2D eigenvalue weighted by Gasteiger charge is -2.10. The average Bonchev–Trinajstić information content (AvgIpc) is 3.20. The molecule has 0 aliphatic carbocycles. The number of rotatable bonds is 3. The summed E-state index contributed by atoms with van der Waals surface area (Å²) in [4.78, 5) is 21.9. The molecule has 2 heterocycles. The van der Waals surface area contributed by atoms with Gasteiger partial charge in [-0.05, 0) is 24.1 Å². The van der Waals surface area contributed by atoms with Gasteiger partial charge in [0.05, 0.1) is 23.3 Å². The highest BCUT2D eigenvalue weighted by Gasteiger charge is 2.17. The minimum absolute atomic E-state index is 0.136. The normalized spacial score (nSPS) is 13.7. The van der Waals surface area contributed by atoms with E-state index in [0.717, 1.165) is 40.9 Å². The van der Waals surface area contributed by atoms with Crippen molar-refractivity contribution >= 4 is 33.7 Å². The van der Waals surface area contributed by atoms with Gasteiger partial charge in [0, 0.05) is 16.7 Å². The maximum absolute atomic E-state index is 12.9. The van der Waals surface area contributed by atoms with Gasteiger partial charge in [-0.2, -0.15) is 0 Å². The van der Waals surface area contributed by atoms with E-state index >= 15 is 0 Å². The van der Waals surface area contributed by atoms with E-state index in [9.17, 15) is 4.79 Å². The molecule has 2 aromatic carbocycles. The molecule has 1 N–H and O–H groups in total. The Kier molecular flexibility index (Phi) is 4.71. The smallest absolute Gasteiger partial charge is 0.257 e. The number of nitrogens with zero attached hydrogens (tertiary/aromatic N) is 2. The summed E-state index contributed by atoms with van der Waals surface area (Å²) in [6.45, 7) is 2.89. The maximum Gasteiger partial charge on any atom is 0.257 e. The Balaban J connectivity index is 1.78. The maximum atomic E-state index is 12.9. The zero-order chi connectivity index (χ0) is 17.9. The van der Waals surface area contributed by atoms with Crippen LogP contribution < -0.4 is 5.32 Å². The van der Waals surface area contributed by atoms with E-state index in [1.807, 2.05) is 30.3 Å². The van der Waals surface area contributed by atoms with Gasteiger partial charge in [0.2, 0.25) is 0 Å². The number of nitrogens with one attached hydrogen (secondary N) is 1. The van der Waals surface area contributed by atoms with Crippen LogP contribution in [0.15, 0.2) is 59.6 Å². The van der Waals surface area contributed by atoms with Crippen LogP contribution in [0.5, 0.6) is 0 Å². The Bertz CT molecular complexity index is 996. The van der Waals surface area contributed by atoms with Crippen molar-refractivity contribution < 1.29 is 4.79 Å². The van der Waals surface area contributed by atoms with E-state index in [4.69, 9.17) is 4.98 Å². The molecule has 1 amide bonds. The number of amides is 1. The first kappa shape index (κ1) is 16.8. The van der Waals surface area contributed by atoms with Crippen molar-refractivity contribution in [3.05, 3.63) is 65.7 Å². The summed E-state index contributed by atoms with van der Waals surface area (Å²) >= 11 is 1.58. The highest BCUT2D eigenvalue weighted by molar-refractivity contribution is 8.14. The third kappa shape index (κ3) is 3.35. The Labute approximate surface area is 156 Å². The van der Waals surface area contributed by atoms with E-state index in [2.05, 4.69) is 41.5 Å². The number of para-hydroxylation sites is 1. The second kappa shape index (κ2) is 7.30. The van der Waals surface area contributed by atoms with Gasteiger partial charge < -0.3 is 5.32 Å². The van der Waals surface area contributed by atoms with Crippen molar-refractivity contribution in [2.24, 2.45) is 4.99 Å². The lowest BCUT2D eigenvalue weighted by Crippen LogP contribution is -2.27. The second-order valence-electron chi connectivity index (χ2n) is 6.11. The molecular formula is C21H19N3OS. The SMILES string of the molecule is CCc1ccc(-c2cc(C(=O)NC3=NCCS3)c3ccccc3n2)cc1. The fourth-order valence-corrected chi connectivity index (χ4v) is 3.72. The number of aromatic nitrogens is 1. The van der Waals surface area contributed by atoms with Crippen molar-refractivity contribution in [2.45, 2.75) is 13.3 Å². The van der Waals surface area contributed by atoms with Crippen molar-refractivity contribution in [1.82, 2.24) is 10.3 Å². The van der Waals surface area contributed by atoms with E-state index < -0.39 is 0 Å². The highest BCUT2D eigenvalue weighted by Crippen LogP contribution is 2.25. The second-order valence-corrected chi connectivity index (χ2v) is 7.20. The number of hydrogen-bond acceptors (Lipinski definition) is 4. The molecule has 1 aliphatic rings. The van der Waals surface area contributed by atoms with E-state index in [-0.39, 0.29) is 5.91 Å². The number of amidine groups is 1. The number of carbonyl (C=O) groups is 1. The minimum atomic E-state index is -0.136. The summed E-state index contributed by atoms with van der Waals surface area (Å²) < 4.78 is 0. The molecule has 0 bridgehead atoms. The zero-order valence-corrected chi connectivity index (χ0v) is 15.3. The molecule has 0 radical (unpaired) electrons. The van der Waals surface area contributed by atoms with Crippen molar-refractivity contribution in [3.8, 4) is 11.3 Å². The molecule has 5 heteroatoms. The number of hydrogen-bond donors (Lipinski definition) is 1. The van der Waals surface area contributed by atoms with Gasteiger partial charge >= 0.3 is 0 Å². The van der Waals surface area contributed by atoms with Gasteiger partial charge in [-0.15, -0.1) is 0 Å². The standard InChI is InChI=1S/C21H19N3OS/c1-2-14-7-9-15(10-8-14)19-13-17(16-5-3-4-6-18(16)23-19)20(25)24-21-22-11-12-26-21/h3-10,13H,2,11-12H2,1H3,(H,22,24,25). The van der Waals surface area contributed by atoms with Crippen LogP contribution in [0.25, 0.3) is 22.2 Å². The number of benzene rings is 2. The lowest BCUT2D eigenvalue weighted by molar-refractivity contribution is 0.0979. The lowest BCUT2D eigenvalue weighted by atomic mass is 10.0. The minimum Gasteiger partial charge on any atom is -0.301 e. The van der Waals surface area contributed by atoms with Gasteiger partial charge in [-0.1, -0.05) is 61.2 Å². The first-order valence-corrected chi connectivity index (χ1v) is 9.71. The molecule has 4 rings (SSSR count). The Hall–Kier alpha value is -2.66. The topological polar surface area (TPSA) is 54.4 Å². The average molecular weight is 361 g/mol. The van der Waals surface area contributed by atoms with Gasteiger partial charge in [0.25, 0.3) is 5.91 Å². The molecule has 1 aliphatic heterocycles. The van der Waals surface area contributed by atoms with Crippen LogP contribution in [0.1, 0.15) is 22.8 Å². The fraction of sp³-hybridized carbons (Fsp3) is 0.190. The Morgan fingerprint density at radius 2 is 1.96 bits per heavy atom. The molecule has 1 aromatic heterocycles. The quantitative estimate of drug-likeness (QED) is 0.757. The molecule has 0 spiro atoms. The summed E-state index contributed by atoms with van der Waals surface area (Å²) in [7, 11) is 0. The molecule has 4 nitrogen and oxygen atoms in total. The highest BCUT2D eigenvalue weighted by atomic mass is 32.2. The third-order valence-corrected chi connectivity index (χ3v) is 5.32. The van der Waals surface area contributed by atoms with E-state index in [1.54, 1.807) is 11.8 Å². The number of fused-ring (bicyclic) bond motifs is 1. The predicted octanol–water partition coefficient (Wildman–Crippen LogP) is 4.30. The van der Waals surface area contributed by atoms with Gasteiger partial charge in [0.1, 0.15) is 0 Å². The molecule has 3 aromatic rings. The molecule has 26 heavy (non-hydrogen) atoms. The summed E-state index contributed by atoms with van der Waals surface area (Å²) in [6, 6.07) is 18.0. The van der Waals surface area contributed by atoms with Crippen molar-refractivity contribution in [3.63, 3.8) is 0 Å². The van der Waals surface area contributed by atoms with Crippen LogP contribution in [0.4, 0.5) is 0 Å². The number of carbonyl (C=O) groups excluding carboxylic acids is 1. The van der Waals surface area contributed by atoms with Gasteiger partial charge in [0.15, 0.2) is 5.17 Å². The molecule has 130 valence electrons. The fourth-order valence-electron chi connectivity index (χ4n) is 3.00. The van der Waals surface area contributed by atoms with Crippen molar-refractivity contribution in [2.75, 3.05) is 12.3 Å². The van der Waals surface area contributed by atoms with Gasteiger partial charge in [-0.3, -0.25) is 9.79 Å². The molecule has 0 saturated heterocycles. The predicted molar refractivity (Wildman–Crippen MR) is 109 cm³/mol. The molecule has 0 fully saturated rings. The third-order valence-electron chi connectivity index (χ3n) is 4.42. The summed E-state index contributed by atoms with van der Waals surface area (Å²) in [5.74, 6) is 0.782. The summed E-state index contributed by atoms with van der Waals surface area (Å²) in [6.07, 6.45) is 0.999. The number of pyridine rings is 1. The van der Waals surface area contributed by atoms with Crippen LogP contribution >= 0.6 is 11.8 Å². The first-order chi connectivity index (χ1) is 12.7. The summed E-state index contributed by atoms with van der Waals surface area (Å²) in [5, 5.41) is 4.48. The molecule has 0 atom stereocenters. The Morgan fingerprint density at radius 3 is 2.69 bits per heavy atom. The number of aryl methyl sites for hydroxylation is 1. The number of thioether (sulfide) groups is 1. The Morgan fingerprint density at radius 1 is 1.15 bits per heavy atom. The summed E-state index contributed by atoms with van der Waals surface area (Å²) in [5.41, 5.74) is 4.53. The van der Waals surface area contributed by atoms with Crippen LogP contribution in [0, 0.1) is 0 Å². The molecule has 0 unspecified atom stereocenters. The van der Waals surface area contributed by atoms with Crippen LogP contribution in [0.3, 0.4) is 0 Å². The van der Waals surface area contributed by atoms with Crippen molar-refractivity contribution in [1.29, 1.82) is 0 Å². The first-order valence-electron chi connectivity index (χ1n) is 8.72. The van der Waals surface area contributed by atoms with Crippen LogP contribution in [0.2, 0.25) is 0 Å². The monoisotopic (exact) mass is 361 g/mol. The zero-order valence-electron chi connectivity index (χ0n) is 14.5.